The fourth-order valence-electron chi connectivity index (χ4n) is 0.286. The summed E-state index contributed by atoms with van der Waals surface area (Å²) in [6.45, 7) is 0. The number of aromatic hydroxyl groups is 1. The molecule has 0 fully saturated rings. The number of rotatable bonds is 0. The van der Waals surface area contributed by atoms with Gasteiger partial charge in [0.05, 0.1) is 9.83 Å². The van der Waals surface area contributed by atoms with E-state index in [2.05, 4.69) is 4.42 Å². The Balaban J connectivity index is 0. The molecule has 0 spiro atoms. The predicted octanol–water partition coefficient (Wildman–Crippen LogP) is -0.956. The van der Waals surface area contributed by atoms with Crippen LogP contribution in [0.3, 0.4) is 0 Å². The summed E-state index contributed by atoms with van der Waals surface area (Å²) in [6, 6.07) is 1.69. The zero-order chi connectivity index (χ0) is 5.28. The Morgan fingerprint density at radius 3 is 2.22 bits per heavy atom. The molecule has 1 rings (SSSR count). The summed E-state index contributed by atoms with van der Waals surface area (Å²) in [7, 11) is 0. The number of furan rings is 1. The van der Waals surface area contributed by atoms with Crippen LogP contribution in [0, 0.1) is 11.0 Å². The Morgan fingerprint density at radius 1 is 1.56 bits per heavy atom. The Labute approximate surface area is 90.1 Å². The normalized spacial score (nSPS) is 7.22. The molecular weight excluding hydrogens is 242 g/mol. The summed E-state index contributed by atoms with van der Waals surface area (Å²) in [5, 5.41) is 8.59. The fraction of sp³-hybridized carbons (Fsp3) is 0. The van der Waals surface area contributed by atoms with E-state index in [1.54, 1.807) is 6.07 Å². The van der Waals surface area contributed by atoms with Gasteiger partial charge >= 0.3 is 29.6 Å². The summed E-state index contributed by atoms with van der Waals surface area (Å²) >= 11 is 1.98. The summed E-state index contributed by atoms with van der Waals surface area (Å²) in [4.78, 5) is 0. The maximum atomic E-state index is 8.59. The van der Waals surface area contributed by atoms with E-state index in [-0.39, 0.29) is 42.9 Å². The quantitative estimate of drug-likeness (QED) is 0.364. The zero-order valence-electron chi connectivity index (χ0n) is 5.39. The van der Waals surface area contributed by atoms with Gasteiger partial charge in [-0.15, -0.1) is 0 Å². The van der Waals surface area contributed by atoms with Gasteiger partial charge in [0.2, 0.25) is 0 Å². The standard InChI is InChI=1S/C4H3IO2.CH3.Na/c5-3-1-2-7-4(3)6;;/h1-2,6H;1H3;/q;-1;+1. The molecule has 0 aromatic carbocycles. The van der Waals surface area contributed by atoms with Crippen molar-refractivity contribution in [3.8, 4) is 5.95 Å². The van der Waals surface area contributed by atoms with Crippen LogP contribution in [0.1, 0.15) is 0 Å². The second-order valence-electron chi connectivity index (χ2n) is 1.07. The van der Waals surface area contributed by atoms with Crippen molar-refractivity contribution < 1.29 is 39.1 Å². The molecule has 0 atom stereocenters. The van der Waals surface area contributed by atoms with Crippen LogP contribution in [-0.4, -0.2) is 5.11 Å². The molecule has 0 aliphatic heterocycles. The molecule has 1 N–H and O–H groups in total. The molecule has 0 bridgehead atoms. The van der Waals surface area contributed by atoms with Crippen molar-refractivity contribution in [3.63, 3.8) is 0 Å². The molecule has 0 saturated carbocycles. The average molecular weight is 248 g/mol. The van der Waals surface area contributed by atoms with Crippen LogP contribution in [-0.2, 0) is 0 Å². The molecule has 1 aromatic heterocycles. The molecule has 4 heteroatoms. The van der Waals surface area contributed by atoms with E-state index in [0.717, 1.165) is 3.57 Å². The van der Waals surface area contributed by atoms with Gasteiger partial charge in [-0.1, -0.05) is 0 Å². The van der Waals surface area contributed by atoms with Crippen molar-refractivity contribution in [2.45, 2.75) is 0 Å². The number of hydrogen-bond acceptors (Lipinski definition) is 2. The third-order valence-corrected chi connectivity index (χ3v) is 1.42. The van der Waals surface area contributed by atoms with Crippen LogP contribution < -0.4 is 29.6 Å². The van der Waals surface area contributed by atoms with Crippen molar-refractivity contribution in [3.05, 3.63) is 23.3 Å². The molecule has 1 aromatic rings. The van der Waals surface area contributed by atoms with Gasteiger partial charge in [0.25, 0.3) is 5.95 Å². The molecule has 2 nitrogen and oxygen atoms in total. The Bertz CT molecular complexity index is 147. The molecular formula is C5H6INaO2. The molecule has 9 heavy (non-hydrogen) atoms. The van der Waals surface area contributed by atoms with Crippen LogP contribution >= 0.6 is 22.6 Å². The minimum atomic E-state index is 0. The van der Waals surface area contributed by atoms with Gasteiger partial charge in [0.15, 0.2) is 0 Å². The second kappa shape index (κ2) is 5.58. The third kappa shape index (κ3) is 3.50. The molecule has 46 valence electrons. The molecule has 0 amide bonds. The smallest absolute Gasteiger partial charge is 0.480 e. The zero-order valence-corrected chi connectivity index (χ0v) is 9.55. The van der Waals surface area contributed by atoms with Crippen molar-refractivity contribution in [1.29, 1.82) is 0 Å². The van der Waals surface area contributed by atoms with E-state index in [1.807, 2.05) is 22.6 Å². The minimum Gasteiger partial charge on any atom is -0.480 e. The summed E-state index contributed by atoms with van der Waals surface area (Å²) < 4.78 is 5.26. The fourth-order valence-corrected chi connectivity index (χ4v) is 0.560. The van der Waals surface area contributed by atoms with Crippen molar-refractivity contribution in [1.82, 2.24) is 0 Å². The first kappa shape index (κ1) is 12.5. The Kier molecular flexibility index (Phi) is 7.74. The Hall–Kier alpha value is 0.810. The first-order chi connectivity index (χ1) is 3.30. The summed E-state index contributed by atoms with van der Waals surface area (Å²) in [6.07, 6.45) is 1.44. The van der Waals surface area contributed by atoms with E-state index in [9.17, 15) is 0 Å². The van der Waals surface area contributed by atoms with Crippen molar-refractivity contribution >= 4 is 22.6 Å². The van der Waals surface area contributed by atoms with E-state index in [1.165, 1.54) is 6.26 Å². The molecule has 0 saturated heterocycles. The predicted molar refractivity (Wildman–Crippen MR) is 39.5 cm³/mol. The van der Waals surface area contributed by atoms with Crippen LogP contribution in [0.15, 0.2) is 16.7 Å². The van der Waals surface area contributed by atoms with Gasteiger partial charge in [0, 0.05) is 0 Å². The van der Waals surface area contributed by atoms with Crippen molar-refractivity contribution in [2.75, 3.05) is 0 Å². The van der Waals surface area contributed by atoms with Gasteiger partial charge < -0.3 is 17.0 Å². The summed E-state index contributed by atoms with van der Waals surface area (Å²) in [5.74, 6) is 0.000556. The largest absolute Gasteiger partial charge is 1.00 e. The van der Waals surface area contributed by atoms with Gasteiger partial charge in [-0.3, -0.25) is 0 Å². The second-order valence-corrected chi connectivity index (χ2v) is 2.24. The first-order valence-corrected chi connectivity index (χ1v) is 2.80. The minimum absolute atomic E-state index is 0. The van der Waals surface area contributed by atoms with Crippen LogP contribution in [0.5, 0.6) is 5.95 Å². The monoisotopic (exact) mass is 248 g/mol. The average Bonchev–Trinajstić information content (AvgIpc) is 1.91. The van der Waals surface area contributed by atoms with Gasteiger partial charge in [-0.05, 0) is 28.7 Å². The number of hydrogen-bond donors (Lipinski definition) is 1. The third-order valence-electron chi connectivity index (χ3n) is 0.598. The molecule has 0 unspecified atom stereocenters. The van der Waals surface area contributed by atoms with E-state index >= 15 is 0 Å². The topological polar surface area (TPSA) is 33.4 Å². The maximum absolute atomic E-state index is 8.59. The van der Waals surface area contributed by atoms with Gasteiger partial charge in [0.1, 0.15) is 0 Å². The number of halogens is 1. The van der Waals surface area contributed by atoms with Crippen LogP contribution in [0.2, 0.25) is 0 Å². The van der Waals surface area contributed by atoms with E-state index in [0.29, 0.717) is 0 Å². The first-order valence-electron chi connectivity index (χ1n) is 1.72. The van der Waals surface area contributed by atoms with Crippen molar-refractivity contribution in [2.24, 2.45) is 0 Å². The molecule has 0 radical (unpaired) electrons. The molecule has 0 aliphatic rings. The van der Waals surface area contributed by atoms with E-state index in [4.69, 9.17) is 5.11 Å². The van der Waals surface area contributed by atoms with Crippen LogP contribution in [0.25, 0.3) is 0 Å². The van der Waals surface area contributed by atoms with Gasteiger partial charge in [-0.2, -0.15) is 0 Å². The maximum Gasteiger partial charge on any atom is 1.00 e. The molecule has 1 heterocycles. The van der Waals surface area contributed by atoms with Crippen LogP contribution in [0.4, 0.5) is 0 Å². The Morgan fingerprint density at radius 2 is 2.11 bits per heavy atom. The van der Waals surface area contributed by atoms with E-state index < -0.39 is 0 Å². The van der Waals surface area contributed by atoms with Gasteiger partial charge in [-0.25, -0.2) is 0 Å². The molecule has 0 aliphatic carbocycles. The summed E-state index contributed by atoms with van der Waals surface area (Å²) in [5.41, 5.74) is 0. The SMILES string of the molecule is Oc1occc1I.[CH3-].[Na+].